The molecule has 1 aliphatic rings. The Bertz CT molecular complexity index is 639. The van der Waals surface area contributed by atoms with E-state index in [0.29, 0.717) is 31.1 Å². The summed E-state index contributed by atoms with van der Waals surface area (Å²) in [6.45, 7) is 6.51. The van der Waals surface area contributed by atoms with Gasteiger partial charge in [0.2, 0.25) is 0 Å². The van der Waals surface area contributed by atoms with E-state index in [1.807, 2.05) is 31.2 Å². The van der Waals surface area contributed by atoms with Crippen LogP contribution in [0.1, 0.15) is 45.1 Å². The molecule has 3 unspecified atom stereocenters. The second kappa shape index (κ2) is 12.8. The van der Waals surface area contributed by atoms with Crippen LogP contribution in [0.3, 0.4) is 0 Å². The Morgan fingerprint density at radius 2 is 2.11 bits per heavy atom. The highest BCUT2D eigenvalue weighted by Gasteiger charge is 2.25. The van der Waals surface area contributed by atoms with Gasteiger partial charge in [0.25, 0.3) is 0 Å². The quantitative estimate of drug-likeness (QED) is 0.353. The molecule has 0 spiro atoms. The van der Waals surface area contributed by atoms with Crippen molar-refractivity contribution in [3.63, 3.8) is 0 Å². The zero-order valence-electron chi connectivity index (χ0n) is 17.4. The molecular formula is C21H35N3O3S. The lowest BCUT2D eigenvalue weighted by atomic mass is 9.95. The van der Waals surface area contributed by atoms with Gasteiger partial charge in [-0.3, -0.25) is 9.20 Å². The third-order valence-electron chi connectivity index (χ3n) is 4.92. The molecule has 2 N–H and O–H groups in total. The van der Waals surface area contributed by atoms with Crippen molar-refractivity contribution in [2.45, 2.75) is 57.4 Å². The first-order valence-corrected chi connectivity index (χ1v) is 11.7. The van der Waals surface area contributed by atoms with Gasteiger partial charge in [0.15, 0.2) is 5.96 Å². The van der Waals surface area contributed by atoms with Gasteiger partial charge in [0, 0.05) is 40.0 Å². The van der Waals surface area contributed by atoms with Crippen LogP contribution in [-0.4, -0.2) is 54.0 Å². The molecule has 0 bridgehead atoms. The van der Waals surface area contributed by atoms with E-state index in [0.717, 1.165) is 55.3 Å². The molecule has 28 heavy (non-hydrogen) atoms. The number of aliphatic imine (C=N–C) groups is 1. The van der Waals surface area contributed by atoms with Crippen molar-refractivity contribution in [1.29, 1.82) is 0 Å². The van der Waals surface area contributed by atoms with Gasteiger partial charge in [-0.25, -0.2) is 0 Å². The van der Waals surface area contributed by atoms with Crippen LogP contribution >= 0.6 is 0 Å². The summed E-state index contributed by atoms with van der Waals surface area (Å²) in [5.74, 6) is 2.41. The number of methoxy groups -OCH3 is 1. The van der Waals surface area contributed by atoms with E-state index in [1.165, 1.54) is 0 Å². The van der Waals surface area contributed by atoms with Gasteiger partial charge in [-0.2, -0.15) is 0 Å². The lowest BCUT2D eigenvalue weighted by Gasteiger charge is -2.30. The number of para-hydroxylation sites is 1. The molecule has 1 saturated carbocycles. The van der Waals surface area contributed by atoms with Crippen molar-refractivity contribution >= 4 is 16.8 Å². The normalized spacial score (nSPS) is 21.2. The summed E-state index contributed by atoms with van der Waals surface area (Å²) in [5.41, 5.74) is 1.04. The molecule has 1 fully saturated rings. The van der Waals surface area contributed by atoms with Gasteiger partial charge in [-0.15, -0.1) is 0 Å². The Labute approximate surface area is 171 Å². The summed E-state index contributed by atoms with van der Waals surface area (Å²) < 4.78 is 23.2. The van der Waals surface area contributed by atoms with Crippen molar-refractivity contribution in [3.8, 4) is 5.75 Å². The zero-order valence-corrected chi connectivity index (χ0v) is 18.2. The monoisotopic (exact) mass is 409 g/mol. The van der Waals surface area contributed by atoms with Crippen LogP contribution < -0.4 is 15.4 Å². The Hall–Kier alpha value is -1.60. The number of rotatable bonds is 10. The first kappa shape index (κ1) is 22.7. The van der Waals surface area contributed by atoms with E-state index in [-0.39, 0.29) is 0 Å². The molecule has 0 aliphatic heterocycles. The summed E-state index contributed by atoms with van der Waals surface area (Å²) in [5, 5.41) is 7.13. The smallest absolute Gasteiger partial charge is 0.191 e. The maximum Gasteiger partial charge on any atom is 0.191 e. The maximum absolute atomic E-state index is 12.1. The predicted octanol–water partition coefficient (Wildman–Crippen LogP) is 2.85. The molecular weight excluding hydrogens is 374 g/mol. The van der Waals surface area contributed by atoms with Crippen molar-refractivity contribution in [2.75, 3.05) is 32.6 Å². The van der Waals surface area contributed by atoms with Gasteiger partial charge < -0.3 is 20.1 Å². The highest BCUT2D eigenvalue weighted by molar-refractivity contribution is 7.85. The van der Waals surface area contributed by atoms with E-state index in [9.17, 15) is 4.21 Å². The van der Waals surface area contributed by atoms with Gasteiger partial charge in [-0.1, -0.05) is 31.5 Å². The molecule has 3 atom stereocenters. The SMILES string of the molecule is CCNC(=NCCOCc1ccccc1OC)NC1CCCC(S(=O)CC)C1. The predicted molar refractivity (Wildman–Crippen MR) is 116 cm³/mol. The molecule has 0 radical (unpaired) electrons. The van der Waals surface area contributed by atoms with Crippen LogP contribution in [0.15, 0.2) is 29.3 Å². The summed E-state index contributed by atoms with van der Waals surface area (Å²) in [6.07, 6.45) is 4.25. The summed E-state index contributed by atoms with van der Waals surface area (Å²) in [7, 11) is 0.958. The van der Waals surface area contributed by atoms with E-state index >= 15 is 0 Å². The summed E-state index contributed by atoms with van der Waals surface area (Å²) in [6, 6.07) is 8.21. The number of nitrogens with zero attached hydrogens (tertiary/aromatic N) is 1. The number of hydrogen-bond donors (Lipinski definition) is 2. The maximum atomic E-state index is 12.1. The molecule has 1 aromatic rings. The van der Waals surface area contributed by atoms with Crippen LogP contribution in [0.2, 0.25) is 0 Å². The average Bonchev–Trinajstić information content (AvgIpc) is 2.73. The third-order valence-corrected chi connectivity index (χ3v) is 6.66. The number of ether oxygens (including phenoxy) is 2. The number of nitrogens with one attached hydrogen (secondary N) is 2. The molecule has 7 heteroatoms. The van der Waals surface area contributed by atoms with Gasteiger partial charge in [0.05, 0.1) is 26.9 Å². The fourth-order valence-electron chi connectivity index (χ4n) is 3.49. The molecule has 0 aromatic heterocycles. The standard InChI is InChI=1S/C21H35N3O3S/c1-4-22-21(24-18-10-8-11-19(15-18)28(25)5-2)23-13-14-27-16-17-9-6-7-12-20(17)26-3/h6-7,9,12,18-19H,4-5,8,10-11,13-16H2,1-3H3,(H2,22,23,24). The Morgan fingerprint density at radius 3 is 2.86 bits per heavy atom. The topological polar surface area (TPSA) is 72.0 Å². The number of benzene rings is 1. The van der Waals surface area contributed by atoms with Crippen LogP contribution in [0.5, 0.6) is 5.75 Å². The third kappa shape index (κ3) is 7.43. The fourth-order valence-corrected chi connectivity index (χ4v) is 4.84. The fraction of sp³-hybridized carbons (Fsp3) is 0.667. The average molecular weight is 410 g/mol. The van der Waals surface area contributed by atoms with E-state index in [4.69, 9.17) is 9.47 Å². The summed E-state index contributed by atoms with van der Waals surface area (Å²) >= 11 is 0. The number of guanidine groups is 1. The van der Waals surface area contributed by atoms with E-state index < -0.39 is 10.8 Å². The van der Waals surface area contributed by atoms with Crippen molar-refractivity contribution < 1.29 is 13.7 Å². The zero-order chi connectivity index (χ0) is 20.2. The van der Waals surface area contributed by atoms with Crippen molar-refractivity contribution in [1.82, 2.24) is 10.6 Å². The molecule has 1 aliphatic carbocycles. The van der Waals surface area contributed by atoms with Gasteiger partial charge in [0.1, 0.15) is 5.75 Å². The Morgan fingerprint density at radius 1 is 1.29 bits per heavy atom. The van der Waals surface area contributed by atoms with Gasteiger partial charge in [-0.05, 0) is 32.3 Å². The van der Waals surface area contributed by atoms with Crippen LogP contribution in [0, 0.1) is 0 Å². The van der Waals surface area contributed by atoms with Crippen LogP contribution in [-0.2, 0) is 22.1 Å². The molecule has 1 aromatic carbocycles. The minimum Gasteiger partial charge on any atom is -0.496 e. The molecule has 0 amide bonds. The second-order valence-electron chi connectivity index (χ2n) is 6.92. The van der Waals surface area contributed by atoms with Crippen LogP contribution in [0.4, 0.5) is 0 Å². The molecule has 0 heterocycles. The Balaban J connectivity index is 1.79. The highest BCUT2D eigenvalue weighted by Crippen LogP contribution is 2.23. The first-order valence-electron chi connectivity index (χ1n) is 10.3. The number of hydrogen-bond acceptors (Lipinski definition) is 4. The lowest BCUT2D eigenvalue weighted by molar-refractivity contribution is 0.126. The molecule has 158 valence electrons. The van der Waals surface area contributed by atoms with Crippen molar-refractivity contribution in [3.05, 3.63) is 29.8 Å². The largest absolute Gasteiger partial charge is 0.496 e. The molecule has 2 rings (SSSR count). The van der Waals surface area contributed by atoms with E-state index in [2.05, 4.69) is 22.5 Å². The van der Waals surface area contributed by atoms with Gasteiger partial charge >= 0.3 is 0 Å². The molecule has 0 saturated heterocycles. The highest BCUT2D eigenvalue weighted by atomic mass is 32.2. The second-order valence-corrected chi connectivity index (χ2v) is 8.93. The van der Waals surface area contributed by atoms with Crippen molar-refractivity contribution in [2.24, 2.45) is 4.99 Å². The first-order chi connectivity index (χ1) is 13.7. The minimum atomic E-state index is -0.712. The summed E-state index contributed by atoms with van der Waals surface area (Å²) in [4.78, 5) is 4.63. The minimum absolute atomic E-state index is 0.309. The van der Waals surface area contributed by atoms with Crippen LogP contribution in [0.25, 0.3) is 0 Å². The molecule has 6 nitrogen and oxygen atoms in total. The van der Waals surface area contributed by atoms with E-state index in [1.54, 1.807) is 7.11 Å². The lowest BCUT2D eigenvalue weighted by Crippen LogP contribution is -2.46. The Kier molecular flexibility index (Phi) is 10.4.